The van der Waals surface area contributed by atoms with Crippen LogP contribution in [0.5, 0.6) is 0 Å². The van der Waals surface area contributed by atoms with Crippen molar-refractivity contribution in [3.05, 3.63) is 18.6 Å². The maximum Gasteiger partial charge on any atom is 0.0243 e. The van der Waals surface area contributed by atoms with Gasteiger partial charge in [-0.05, 0) is 6.92 Å². The Morgan fingerprint density at radius 3 is 2.50 bits per heavy atom. The lowest BCUT2D eigenvalue weighted by atomic mass is 10.1. The van der Waals surface area contributed by atoms with E-state index < -0.39 is 0 Å². The Morgan fingerprint density at radius 1 is 1.88 bits per heavy atom. The standard InChI is InChI=1S/C8H11/c1-5-8(4)6-7(2)3/h1,6,8H,2H2,3-4H3. The van der Waals surface area contributed by atoms with E-state index in [4.69, 9.17) is 6.42 Å². The van der Waals surface area contributed by atoms with Crippen LogP contribution in [0, 0.1) is 24.7 Å². The van der Waals surface area contributed by atoms with Gasteiger partial charge in [-0.1, -0.05) is 19.1 Å². The summed E-state index contributed by atoms with van der Waals surface area (Å²) in [7, 11) is 0. The van der Waals surface area contributed by atoms with Crippen LogP contribution in [-0.4, -0.2) is 0 Å². The van der Waals surface area contributed by atoms with Crippen LogP contribution in [0.3, 0.4) is 0 Å². The Balaban J connectivity index is 3.43. The van der Waals surface area contributed by atoms with Gasteiger partial charge in [0.25, 0.3) is 0 Å². The normalized spacial score (nSPS) is 12.1. The second-order valence-electron chi connectivity index (χ2n) is 1.97. The van der Waals surface area contributed by atoms with Gasteiger partial charge in [0, 0.05) is 12.3 Å². The van der Waals surface area contributed by atoms with Gasteiger partial charge in [-0.15, -0.1) is 12.3 Å². The molecule has 43 valence electrons. The molecule has 0 aliphatic rings. The molecule has 1 radical (unpaired) electrons. The van der Waals surface area contributed by atoms with E-state index >= 15 is 0 Å². The number of hydrogen-bond donors (Lipinski definition) is 0. The first-order chi connectivity index (χ1) is 3.66. The molecule has 0 aliphatic heterocycles. The van der Waals surface area contributed by atoms with Gasteiger partial charge < -0.3 is 0 Å². The molecule has 0 N–H and O–H groups in total. The lowest BCUT2D eigenvalue weighted by molar-refractivity contribution is 0.902. The van der Waals surface area contributed by atoms with Crippen molar-refractivity contribution in [3.63, 3.8) is 0 Å². The molecule has 0 aliphatic carbocycles. The Bertz CT molecular complexity index is 114. The maximum absolute atomic E-state index is 5.10. The summed E-state index contributed by atoms with van der Waals surface area (Å²) in [5.74, 6) is 2.81. The van der Waals surface area contributed by atoms with E-state index in [9.17, 15) is 0 Å². The van der Waals surface area contributed by atoms with E-state index in [1.54, 1.807) is 0 Å². The van der Waals surface area contributed by atoms with Crippen LogP contribution < -0.4 is 0 Å². The summed E-state index contributed by atoms with van der Waals surface area (Å²) in [5.41, 5.74) is 1.04. The number of rotatable bonds is 2. The molecule has 8 heavy (non-hydrogen) atoms. The van der Waals surface area contributed by atoms with Crippen LogP contribution in [0.1, 0.15) is 13.8 Å². The van der Waals surface area contributed by atoms with Crippen LogP contribution in [0.4, 0.5) is 0 Å². The van der Waals surface area contributed by atoms with Gasteiger partial charge in [0.15, 0.2) is 0 Å². The van der Waals surface area contributed by atoms with Crippen LogP contribution in [-0.2, 0) is 0 Å². The summed E-state index contributed by atoms with van der Waals surface area (Å²) in [6.45, 7) is 7.60. The van der Waals surface area contributed by atoms with Gasteiger partial charge in [0.2, 0.25) is 0 Å². The Kier molecular flexibility index (Phi) is 3.03. The molecule has 1 atom stereocenters. The van der Waals surface area contributed by atoms with Crippen LogP contribution in [0.15, 0.2) is 12.2 Å². The van der Waals surface area contributed by atoms with Crippen molar-refractivity contribution >= 4 is 0 Å². The van der Waals surface area contributed by atoms with Crippen LogP contribution in [0.2, 0.25) is 0 Å². The SMILES string of the molecule is C#CC(C)[CH]C(=C)C. The van der Waals surface area contributed by atoms with Crippen molar-refractivity contribution in [1.82, 2.24) is 0 Å². The molecule has 1 unspecified atom stereocenters. The minimum absolute atomic E-state index is 0.229. The third-order valence-electron chi connectivity index (χ3n) is 0.797. The molecule has 0 nitrogen and oxygen atoms in total. The highest BCUT2D eigenvalue weighted by atomic mass is 14.0. The fourth-order valence-electron chi connectivity index (χ4n) is 0.475. The van der Waals surface area contributed by atoms with E-state index in [2.05, 4.69) is 12.5 Å². The molecule has 0 rings (SSSR count). The van der Waals surface area contributed by atoms with Crippen LogP contribution in [0.25, 0.3) is 0 Å². The van der Waals surface area contributed by atoms with Crippen molar-refractivity contribution in [2.75, 3.05) is 0 Å². The molecule has 0 heteroatoms. The van der Waals surface area contributed by atoms with Gasteiger partial charge in [0.1, 0.15) is 0 Å². The van der Waals surface area contributed by atoms with Crippen molar-refractivity contribution < 1.29 is 0 Å². The first kappa shape index (κ1) is 7.30. The van der Waals surface area contributed by atoms with Gasteiger partial charge in [-0.3, -0.25) is 0 Å². The number of hydrogen-bond acceptors (Lipinski definition) is 0. The molecule has 0 bridgehead atoms. The quantitative estimate of drug-likeness (QED) is 0.474. The van der Waals surface area contributed by atoms with Crippen LogP contribution >= 0.6 is 0 Å². The Labute approximate surface area is 51.6 Å². The third-order valence-corrected chi connectivity index (χ3v) is 0.797. The third kappa shape index (κ3) is 3.49. The lowest BCUT2D eigenvalue weighted by Gasteiger charge is -1.99. The molecular formula is C8H11. The largest absolute Gasteiger partial charge is 0.120 e. The monoisotopic (exact) mass is 107 g/mol. The fraction of sp³-hybridized carbons (Fsp3) is 0.375. The van der Waals surface area contributed by atoms with Gasteiger partial charge in [-0.25, -0.2) is 0 Å². The fourth-order valence-corrected chi connectivity index (χ4v) is 0.475. The predicted molar refractivity (Wildman–Crippen MR) is 37.1 cm³/mol. The van der Waals surface area contributed by atoms with Crippen molar-refractivity contribution in [3.8, 4) is 12.3 Å². The average Bonchev–Trinajstić information content (AvgIpc) is 1.65. The second-order valence-corrected chi connectivity index (χ2v) is 1.97. The van der Waals surface area contributed by atoms with E-state index in [1.807, 2.05) is 20.3 Å². The molecule has 0 fully saturated rings. The van der Waals surface area contributed by atoms with E-state index in [0.717, 1.165) is 5.57 Å². The molecule has 0 saturated carbocycles. The highest BCUT2D eigenvalue weighted by molar-refractivity contribution is 5.13. The van der Waals surface area contributed by atoms with Gasteiger partial charge in [0.05, 0.1) is 0 Å². The summed E-state index contributed by atoms with van der Waals surface area (Å²) in [4.78, 5) is 0. The topological polar surface area (TPSA) is 0 Å². The predicted octanol–water partition coefficient (Wildman–Crippen LogP) is 2.04. The molecule has 0 saturated heterocycles. The average molecular weight is 107 g/mol. The zero-order valence-corrected chi connectivity index (χ0v) is 5.44. The van der Waals surface area contributed by atoms with Crippen molar-refractivity contribution in [1.29, 1.82) is 0 Å². The lowest BCUT2D eigenvalue weighted by Crippen LogP contribution is -1.89. The summed E-state index contributed by atoms with van der Waals surface area (Å²) >= 11 is 0. The minimum Gasteiger partial charge on any atom is -0.120 e. The molecule has 0 aromatic carbocycles. The summed E-state index contributed by atoms with van der Waals surface area (Å²) in [6, 6.07) is 0. The summed E-state index contributed by atoms with van der Waals surface area (Å²) in [5, 5.41) is 0. The van der Waals surface area contributed by atoms with E-state index in [0.29, 0.717) is 0 Å². The van der Waals surface area contributed by atoms with E-state index in [-0.39, 0.29) is 5.92 Å². The number of terminal acetylenes is 1. The Hall–Kier alpha value is -0.700. The first-order valence-corrected chi connectivity index (χ1v) is 2.63. The van der Waals surface area contributed by atoms with E-state index in [1.165, 1.54) is 0 Å². The molecule has 0 heterocycles. The second kappa shape index (κ2) is 3.32. The van der Waals surface area contributed by atoms with Crippen molar-refractivity contribution in [2.24, 2.45) is 5.92 Å². The molecular weight excluding hydrogens is 96.1 g/mol. The zero-order valence-electron chi connectivity index (χ0n) is 5.44. The van der Waals surface area contributed by atoms with Gasteiger partial charge in [-0.2, -0.15) is 0 Å². The zero-order chi connectivity index (χ0) is 6.57. The summed E-state index contributed by atoms with van der Waals surface area (Å²) in [6.07, 6.45) is 7.06. The summed E-state index contributed by atoms with van der Waals surface area (Å²) < 4.78 is 0. The van der Waals surface area contributed by atoms with Gasteiger partial charge >= 0.3 is 0 Å². The highest BCUT2D eigenvalue weighted by Gasteiger charge is 1.94. The first-order valence-electron chi connectivity index (χ1n) is 2.63. The number of allylic oxidation sites excluding steroid dienone is 1. The molecule has 0 spiro atoms. The highest BCUT2D eigenvalue weighted by Crippen LogP contribution is 2.04. The smallest absolute Gasteiger partial charge is 0.0243 e. The molecule has 0 amide bonds. The molecule has 0 aromatic heterocycles. The minimum atomic E-state index is 0.229. The Morgan fingerprint density at radius 2 is 2.38 bits per heavy atom. The van der Waals surface area contributed by atoms with Crippen molar-refractivity contribution in [2.45, 2.75) is 13.8 Å². The maximum atomic E-state index is 5.10. The molecule has 0 aromatic rings.